The van der Waals surface area contributed by atoms with Crippen LogP contribution in [0.4, 0.5) is 11.4 Å². The van der Waals surface area contributed by atoms with Crippen molar-refractivity contribution in [3.05, 3.63) is 106 Å². The van der Waals surface area contributed by atoms with Crippen molar-refractivity contribution in [3.63, 3.8) is 0 Å². The minimum Gasteiger partial charge on any atom is -0.379 e. The molecule has 2 nitrogen and oxygen atoms in total. The number of rotatable bonds is 17. The van der Waals surface area contributed by atoms with E-state index in [1.54, 1.807) is 0 Å². The average molecular weight is 701 g/mol. The summed E-state index contributed by atoms with van der Waals surface area (Å²) in [6.45, 7) is 39.4. The van der Waals surface area contributed by atoms with Crippen LogP contribution >= 0.6 is 0 Å². The summed E-state index contributed by atoms with van der Waals surface area (Å²) in [5.41, 5.74) is 15.3. The Hall–Kier alpha value is -3.52. The Bertz CT molecular complexity index is 1710. The first-order valence-electron chi connectivity index (χ1n) is 20.3. The summed E-state index contributed by atoms with van der Waals surface area (Å²) < 4.78 is 0. The van der Waals surface area contributed by atoms with E-state index in [0.29, 0.717) is 29.6 Å². The van der Waals surface area contributed by atoms with Gasteiger partial charge in [-0.15, -0.1) is 0 Å². The van der Waals surface area contributed by atoms with Gasteiger partial charge in [0, 0.05) is 33.6 Å². The molecule has 0 bridgehead atoms. The lowest BCUT2D eigenvalue weighted by Gasteiger charge is -2.39. The molecule has 4 rings (SSSR count). The van der Waals surface area contributed by atoms with Gasteiger partial charge in [-0.1, -0.05) is 130 Å². The Balaban J connectivity index is 1.65. The molecule has 0 aromatic heterocycles. The Morgan fingerprint density at radius 2 is 1.44 bits per heavy atom. The maximum absolute atomic E-state index is 4.66. The molecule has 2 heteroatoms. The Labute approximate surface area is 319 Å². The summed E-state index contributed by atoms with van der Waals surface area (Å²) >= 11 is 0. The molecule has 52 heavy (non-hydrogen) atoms. The van der Waals surface area contributed by atoms with E-state index >= 15 is 0 Å². The zero-order valence-corrected chi connectivity index (χ0v) is 35.3. The third kappa shape index (κ3) is 9.91. The molecule has 0 aliphatic heterocycles. The van der Waals surface area contributed by atoms with Crippen LogP contribution < -0.4 is 10.6 Å². The van der Waals surface area contributed by atoms with Crippen molar-refractivity contribution < 1.29 is 0 Å². The first kappa shape index (κ1) is 41.2. The van der Waals surface area contributed by atoms with Crippen molar-refractivity contribution in [2.45, 2.75) is 146 Å². The maximum Gasteiger partial charge on any atom is 0.0465 e. The Morgan fingerprint density at radius 1 is 0.865 bits per heavy atom. The van der Waals surface area contributed by atoms with Crippen LogP contribution in [0.15, 0.2) is 78.4 Å². The van der Waals surface area contributed by atoms with Crippen molar-refractivity contribution in [3.8, 4) is 0 Å². The maximum atomic E-state index is 4.66. The lowest BCUT2D eigenvalue weighted by molar-refractivity contribution is 0.334. The summed E-state index contributed by atoms with van der Waals surface area (Å²) in [7, 11) is 0. The number of nitrogens with one attached hydrogen (secondary N) is 2. The van der Waals surface area contributed by atoms with Gasteiger partial charge in [0.05, 0.1) is 0 Å². The van der Waals surface area contributed by atoms with E-state index in [0.717, 1.165) is 49.7 Å². The molecule has 0 fully saturated rings. The highest BCUT2D eigenvalue weighted by atomic mass is 15.0. The van der Waals surface area contributed by atoms with Gasteiger partial charge in [-0.2, -0.15) is 0 Å². The summed E-state index contributed by atoms with van der Waals surface area (Å²) in [6.07, 6.45) is 18.0. The minimum absolute atomic E-state index is 0.00698. The quantitative estimate of drug-likeness (QED) is 0.172. The SMILES string of the molecule is C=C1C(=CC/C=C\c2cccc(NC(C)(CC(C)C)CC(C)C)c2C(=C)C)C(C)=C1c1ccc2c(c1NC(C)(CC(C)C)CC(C)C)C(C)CC=C2. The normalized spacial score (nSPS) is 17.3. The fourth-order valence-electron chi connectivity index (χ4n) is 9.74. The van der Waals surface area contributed by atoms with E-state index in [1.165, 1.54) is 55.9 Å². The van der Waals surface area contributed by atoms with E-state index in [4.69, 9.17) is 0 Å². The van der Waals surface area contributed by atoms with Crippen LogP contribution in [-0.4, -0.2) is 11.1 Å². The Kier molecular flexibility index (Phi) is 13.6. The van der Waals surface area contributed by atoms with Gasteiger partial charge in [0.1, 0.15) is 0 Å². The van der Waals surface area contributed by atoms with Gasteiger partial charge in [-0.25, -0.2) is 0 Å². The molecule has 2 aliphatic carbocycles. The van der Waals surface area contributed by atoms with Gasteiger partial charge in [-0.3, -0.25) is 0 Å². The molecule has 0 saturated heterocycles. The lowest BCUT2D eigenvalue weighted by Crippen LogP contribution is -2.38. The number of allylic oxidation sites excluding steroid dienone is 8. The second kappa shape index (κ2) is 17.1. The lowest BCUT2D eigenvalue weighted by atomic mass is 9.73. The number of hydrogen-bond acceptors (Lipinski definition) is 2. The van der Waals surface area contributed by atoms with Gasteiger partial charge in [0.25, 0.3) is 0 Å². The molecule has 0 spiro atoms. The predicted octanol–water partition coefficient (Wildman–Crippen LogP) is 15.1. The number of hydrogen-bond donors (Lipinski definition) is 2. The summed E-state index contributed by atoms with van der Waals surface area (Å²) in [4.78, 5) is 0. The monoisotopic (exact) mass is 701 g/mol. The van der Waals surface area contributed by atoms with Gasteiger partial charge >= 0.3 is 0 Å². The van der Waals surface area contributed by atoms with E-state index in [-0.39, 0.29) is 11.1 Å². The molecule has 0 radical (unpaired) electrons. The third-order valence-corrected chi connectivity index (χ3v) is 10.8. The molecular formula is C50H72N2. The van der Waals surface area contributed by atoms with Crippen LogP contribution in [0.25, 0.3) is 23.3 Å². The van der Waals surface area contributed by atoms with Crippen LogP contribution in [-0.2, 0) is 0 Å². The van der Waals surface area contributed by atoms with Crippen LogP contribution in [0.1, 0.15) is 162 Å². The van der Waals surface area contributed by atoms with Crippen molar-refractivity contribution in [2.24, 2.45) is 23.7 Å². The van der Waals surface area contributed by atoms with Crippen LogP contribution in [0.2, 0.25) is 0 Å². The second-order valence-electron chi connectivity index (χ2n) is 18.6. The second-order valence-corrected chi connectivity index (χ2v) is 18.6. The smallest absolute Gasteiger partial charge is 0.0465 e. The van der Waals surface area contributed by atoms with E-state index in [9.17, 15) is 0 Å². The molecule has 0 amide bonds. The van der Waals surface area contributed by atoms with Gasteiger partial charge in [0.15, 0.2) is 0 Å². The largest absolute Gasteiger partial charge is 0.379 e. The molecule has 1 atom stereocenters. The predicted molar refractivity (Wildman–Crippen MR) is 235 cm³/mol. The molecule has 282 valence electrons. The molecule has 1 unspecified atom stereocenters. The van der Waals surface area contributed by atoms with Crippen molar-refractivity contribution in [1.29, 1.82) is 0 Å². The molecule has 2 aromatic rings. The standard InChI is InChI=1S/C50H72N2/c1-32(2)28-49(14,29-33(3)4)51-44-25-19-23-40(45(44)36(9)10)21-16-17-24-42-38(12)47(39(42)13)43-27-26-41-22-18-20-37(11)46(41)48(43)52-50(15,30-34(5)6)31-35(7)8/h16,18-19,21-27,32-35,37,51-52H,9,12,17,20,28-31H2,1-8,10-11,13-15H3/b21-16-,42-24?. The zero-order valence-electron chi connectivity index (χ0n) is 35.3. The highest BCUT2D eigenvalue weighted by Gasteiger charge is 2.34. The van der Waals surface area contributed by atoms with Gasteiger partial charge in [0.2, 0.25) is 0 Å². The minimum atomic E-state index is 0.00698. The highest BCUT2D eigenvalue weighted by molar-refractivity contribution is 6.02. The van der Waals surface area contributed by atoms with Crippen molar-refractivity contribution in [1.82, 2.24) is 0 Å². The van der Waals surface area contributed by atoms with Gasteiger partial charge < -0.3 is 10.6 Å². The number of fused-ring (bicyclic) bond motifs is 1. The van der Waals surface area contributed by atoms with Crippen molar-refractivity contribution in [2.75, 3.05) is 10.6 Å². The molecular weight excluding hydrogens is 629 g/mol. The van der Waals surface area contributed by atoms with Crippen LogP contribution in [0.3, 0.4) is 0 Å². The molecule has 0 saturated carbocycles. The Morgan fingerprint density at radius 3 is 1.98 bits per heavy atom. The molecule has 0 heterocycles. The number of anilines is 2. The number of benzene rings is 2. The first-order valence-corrected chi connectivity index (χ1v) is 20.3. The van der Waals surface area contributed by atoms with E-state index < -0.39 is 0 Å². The molecule has 2 aromatic carbocycles. The third-order valence-electron chi connectivity index (χ3n) is 10.8. The topological polar surface area (TPSA) is 24.1 Å². The average Bonchev–Trinajstić information content (AvgIpc) is 3.00. The summed E-state index contributed by atoms with van der Waals surface area (Å²) in [6, 6.07) is 11.3. The van der Waals surface area contributed by atoms with Crippen molar-refractivity contribution >= 4 is 34.7 Å². The fourth-order valence-corrected chi connectivity index (χ4v) is 9.74. The zero-order chi connectivity index (χ0) is 38.5. The summed E-state index contributed by atoms with van der Waals surface area (Å²) in [5, 5.41) is 8.21. The van der Waals surface area contributed by atoms with Crippen LogP contribution in [0, 0.1) is 23.7 Å². The summed E-state index contributed by atoms with van der Waals surface area (Å²) in [5.74, 6) is 2.92. The van der Waals surface area contributed by atoms with Gasteiger partial charge in [-0.05, 0) is 146 Å². The highest BCUT2D eigenvalue weighted by Crippen LogP contribution is 2.51. The van der Waals surface area contributed by atoms with Crippen LogP contribution in [0.5, 0.6) is 0 Å². The molecule has 2 aliphatic rings. The van der Waals surface area contributed by atoms with E-state index in [1.807, 2.05) is 0 Å². The molecule has 2 N–H and O–H groups in total. The van der Waals surface area contributed by atoms with E-state index in [2.05, 4.69) is 175 Å². The fraction of sp³-hybridized carbons (Fsp3) is 0.520. The first-order chi connectivity index (χ1) is 24.3.